The Morgan fingerprint density at radius 3 is 2.06 bits per heavy atom. The second-order valence-electron chi connectivity index (χ2n) is 9.09. The van der Waals surface area contributed by atoms with E-state index in [1.54, 1.807) is 0 Å². The van der Waals surface area contributed by atoms with Crippen LogP contribution in [0, 0.1) is 0 Å². The van der Waals surface area contributed by atoms with Crippen molar-refractivity contribution in [3.8, 4) is 11.4 Å². The van der Waals surface area contributed by atoms with Gasteiger partial charge < -0.3 is 4.57 Å². The quantitative estimate of drug-likeness (QED) is 0.222. The van der Waals surface area contributed by atoms with Crippen LogP contribution in [0.5, 0.6) is 0 Å². The molecule has 36 heavy (non-hydrogen) atoms. The Bertz CT molecular complexity index is 2130. The van der Waals surface area contributed by atoms with E-state index in [1.807, 2.05) is 6.07 Å². The zero-order valence-electron chi connectivity index (χ0n) is 19.1. The molecule has 170 valence electrons. The van der Waals surface area contributed by atoms with Gasteiger partial charge in [-0.2, -0.15) is 0 Å². The van der Waals surface area contributed by atoms with E-state index in [2.05, 4.69) is 139 Å². The van der Waals surface area contributed by atoms with E-state index in [-0.39, 0.29) is 0 Å². The first-order valence-corrected chi connectivity index (χ1v) is 12.7. The summed E-state index contributed by atoms with van der Waals surface area (Å²) in [6.45, 7) is 0. The molecule has 0 unspecified atom stereocenters. The number of hydrogen-bond acceptors (Lipinski definition) is 1. The number of halogens is 1. The van der Waals surface area contributed by atoms with Crippen LogP contribution in [0.25, 0.3) is 61.0 Å². The molecule has 0 aliphatic rings. The van der Waals surface area contributed by atoms with Crippen molar-refractivity contribution in [2.24, 2.45) is 0 Å². The summed E-state index contributed by atoms with van der Waals surface area (Å²) >= 11 is 3.65. The van der Waals surface area contributed by atoms with Crippen molar-refractivity contribution in [1.29, 1.82) is 0 Å². The Morgan fingerprint density at radius 1 is 0.500 bits per heavy atom. The first kappa shape index (κ1) is 19.9. The molecular weight excluding hydrogens is 508 g/mol. The minimum absolute atomic E-state index is 0.924. The van der Waals surface area contributed by atoms with Gasteiger partial charge in [0.05, 0.1) is 33.1 Å². The van der Waals surface area contributed by atoms with Crippen LogP contribution in [-0.2, 0) is 0 Å². The molecule has 0 aliphatic heterocycles. The summed E-state index contributed by atoms with van der Waals surface area (Å²) in [6, 6.07) is 40.7. The van der Waals surface area contributed by atoms with Gasteiger partial charge in [-0.15, -0.1) is 0 Å². The molecule has 0 amide bonds. The molecule has 0 saturated carbocycles. The van der Waals surface area contributed by atoms with Gasteiger partial charge in [0.25, 0.3) is 0 Å². The molecule has 0 spiro atoms. The molecule has 5 heteroatoms. The molecule has 0 atom stereocenters. The lowest BCUT2D eigenvalue weighted by atomic mass is 10.1. The molecule has 0 aliphatic carbocycles. The lowest BCUT2D eigenvalue weighted by Gasteiger charge is -2.09. The highest BCUT2D eigenvalue weighted by atomic mass is 79.9. The SMILES string of the molecule is Brc1cccc(-n2c3ccccc3c3cc(-n4c5ccccc5n5c6ccccc6nc45)ccc32)c1. The minimum Gasteiger partial charge on any atom is -0.309 e. The highest BCUT2D eigenvalue weighted by molar-refractivity contribution is 9.10. The number of imidazole rings is 2. The fraction of sp³-hybridized carbons (Fsp3) is 0. The third-order valence-electron chi connectivity index (χ3n) is 7.09. The summed E-state index contributed by atoms with van der Waals surface area (Å²) in [7, 11) is 0. The summed E-state index contributed by atoms with van der Waals surface area (Å²) in [4.78, 5) is 5.05. The summed E-state index contributed by atoms with van der Waals surface area (Å²) in [5, 5.41) is 2.45. The lowest BCUT2D eigenvalue weighted by Crippen LogP contribution is -1.96. The van der Waals surface area contributed by atoms with Gasteiger partial charge in [-0.05, 0) is 66.7 Å². The smallest absolute Gasteiger partial charge is 0.220 e. The predicted molar refractivity (Wildman–Crippen MR) is 152 cm³/mol. The van der Waals surface area contributed by atoms with Crippen LogP contribution in [0.15, 0.2) is 120 Å². The second-order valence-corrected chi connectivity index (χ2v) is 10.0. The van der Waals surface area contributed by atoms with E-state index in [9.17, 15) is 0 Å². The van der Waals surface area contributed by atoms with Crippen LogP contribution in [0.4, 0.5) is 0 Å². The highest BCUT2D eigenvalue weighted by Gasteiger charge is 2.18. The van der Waals surface area contributed by atoms with E-state index in [4.69, 9.17) is 4.98 Å². The molecule has 0 bridgehead atoms. The van der Waals surface area contributed by atoms with Crippen molar-refractivity contribution in [3.63, 3.8) is 0 Å². The average Bonchev–Trinajstić information content (AvgIpc) is 3.55. The Morgan fingerprint density at radius 2 is 1.19 bits per heavy atom. The average molecular weight is 527 g/mol. The molecule has 8 aromatic rings. The molecule has 0 radical (unpaired) electrons. The van der Waals surface area contributed by atoms with E-state index >= 15 is 0 Å². The van der Waals surface area contributed by atoms with E-state index in [0.29, 0.717) is 0 Å². The Hall–Kier alpha value is -4.35. The maximum Gasteiger partial charge on any atom is 0.220 e. The number of para-hydroxylation sites is 5. The summed E-state index contributed by atoms with van der Waals surface area (Å²) in [5.41, 5.74) is 9.02. The monoisotopic (exact) mass is 526 g/mol. The largest absolute Gasteiger partial charge is 0.309 e. The Balaban J connectivity index is 1.48. The number of hydrogen-bond donors (Lipinski definition) is 0. The zero-order valence-corrected chi connectivity index (χ0v) is 20.7. The molecule has 5 aromatic carbocycles. The van der Waals surface area contributed by atoms with E-state index in [0.717, 1.165) is 43.7 Å². The normalized spacial score (nSPS) is 12.0. The van der Waals surface area contributed by atoms with Gasteiger partial charge in [-0.1, -0.05) is 64.5 Å². The van der Waals surface area contributed by atoms with Crippen molar-refractivity contribution in [3.05, 3.63) is 120 Å². The fourth-order valence-corrected chi connectivity index (χ4v) is 5.99. The van der Waals surface area contributed by atoms with Crippen molar-refractivity contribution in [2.75, 3.05) is 0 Å². The number of fused-ring (bicyclic) bond motifs is 8. The molecule has 0 saturated heterocycles. The van der Waals surface area contributed by atoms with E-state index in [1.165, 1.54) is 21.8 Å². The van der Waals surface area contributed by atoms with Gasteiger partial charge in [0.1, 0.15) is 0 Å². The predicted octanol–water partition coefficient (Wildman–Crippen LogP) is 8.29. The first-order chi connectivity index (χ1) is 17.8. The van der Waals surface area contributed by atoms with Crippen LogP contribution in [0.3, 0.4) is 0 Å². The molecule has 3 heterocycles. The number of benzene rings is 5. The number of aromatic nitrogens is 4. The van der Waals surface area contributed by atoms with Gasteiger partial charge in [0, 0.05) is 26.6 Å². The fourth-order valence-electron chi connectivity index (χ4n) is 5.60. The molecule has 3 aromatic heterocycles. The van der Waals surface area contributed by atoms with Gasteiger partial charge in [0.2, 0.25) is 5.78 Å². The number of rotatable bonds is 2. The summed E-state index contributed by atoms with van der Waals surface area (Å²) in [6.07, 6.45) is 0. The Labute approximate surface area is 214 Å². The topological polar surface area (TPSA) is 27.2 Å². The summed E-state index contributed by atoms with van der Waals surface area (Å²) < 4.78 is 7.95. The zero-order chi connectivity index (χ0) is 23.8. The molecule has 0 N–H and O–H groups in total. The molecule has 4 nitrogen and oxygen atoms in total. The van der Waals surface area contributed by atoms with Crippen LogP contribution < -0.4 is 0 Å². The van der Waals surface area contributed by atoms with Crippen molar-refractivity contribution < 1.29 is 0 Å². The van der Waals surface area contributed by atoms with Crippen LogP contribution in [0.2, 0.25) is 0 Å². The van der Waals surface area contributed by atoms with Crippen LogP contribution in [-0.4, -0.2) is 18.5 Å². The van der Waals surface area contributed by atoms with Crippen molar-refractivity contribution in [2.45, 2.75) is 0 Å². The molecule has 8 rings (SSSR count). The van der Waals surface area contributed by atoms with Gasteiger partial charge in [-0.3, -0.25) is 8.97 Å². The third kappa shape index (κ3) is 2.66. The van der Waals surface area contributed by atoms with Crippen LogP contribution >= 0.6 is 15.9 Å². The maximum absolute atomic E-state index is 5.05. The first-order valence-electron chi connectivity index (χ1n) is 11.9. The highest BCUT2D eigenvalue weighted by Crippen LogP contribution is 2.36. The maximum atomic E-state index is 5.05. The van der Waals surface area contributed by atoms with Crippen molar-refractivity contribution >= 4 is 65.6 Å². The van der Waals surface area contributed by atoms with Gasteiger partial charge in [-0.25, -0.2) is 4.98 Å². The lowest BCUT2D eigenvalue weighted by molar-refractivity contribution is 1.11. The van der Waals surface area contributed by atoms with Crippen LogP contribution in [0.1, 0.15) is 0 Å². The van der Waals surface area contributed by atoms with Crippen molar-refractivity contribution in [1.82, 2.24) is 18.5 Å². The number of nitrogens with zero attached hydrogens (tertiary/aromatic N) is 4. The van der Waals surface area contributed by atoms with Gasteiger partial charge in [0.15, 0.2) is 0 Å². The van der Waals surface area contributed by atoms with E-state index < -0.39 is 0 Å². The standard InChI is InChI=1S/C31H19BrN4/c32-20-8-7-9-21(18-20)34-26-12-3-1-10-23(26)24-19-22(16-17-27(24)34)35-29-14-5-6-15-30(29)36-28-13-4-2-11-25(28)33-31(35)36/h1-19H. The second kappa shape index (κ2) is 7.33. The molecular formula is C31H19BrN4. The minimum atomic E-state index is 0.924. The summed E-state index contributed by atoms with van der Waals surface area (Å²) in [5.74, 6) is 0.924. The Kier molecular flexibility index (Phi) is 4.05. The molecule has 0 fully saturated rings. The van der Waals surface area contributed by atoms with Gasteiger partial charge >= 0.3 is 0 Å². The third-order valence-corrected chi connectivity index (χ3v) is 7.58.